The van der Waals surface area contributed by atoms with Crippen LogP contribution in [0.5, 0.6) is 0 Å². The highest BCUT2D eigenvalue weighted by molar-refractivity contribution is 7.13. The second-order valence-electron chi connectivity index (χ2n) is 4.34. The van der Waals surface area contributed by atoms with Gasteiger partial charge in [-0.1, -0.05) is 0 Å². The lowest BCUT2D eigenvalue weighted by Gasteiger charge is -2.34. The smallest absolute Gasteiger partial charge is 0.233 e. The molecule has 0 spiro atoms. The molecule has 0 saturated carbocycles. The summed E-state index contributed by atoms with van der Waals surface area (Å²) in [4.78, 5) is 16.5. The van der Waals surface area contributed by atoms with E-state index in [4.69, 9.17) is 10.5 Å². The Bertz CT molecular complexity index is 405. The maximum absolute atomic E-state index is 12.2. The molecule has 102 valence electrons. The number of carbonyl (C=O) groups excluding carboxylic acids is 1. The molecular formula is C11H18ClN3O2S. The molecule has 1 aliphatic heterocycles. The van der Waals surface area contributed by atoms with Gasteiger partial charge in [0.1, 0.15) is 0 Å². The normalized spacial score (nSPS) is 17.9. The Balaban J connectivity index is 0.00000162. The van der Waals surface area contributed by atoms with Gasteiger partial charge in [0.05, 0.1) is 11.1 Å². The van der Waals surface area contributed by atoms with Crippen molar-refractivity contribution in [2.75, 3.05) is 25.1 Å². The molecule has 1 aromatic heterocycles. The van der Waals surface area contributed by atoms with E-state index in [1.165, 1.54) is 11.3 Å². The first-order chi connectivity index (χ1) is 8.16. The van der Waals surface area contributed by atoms with E-state index in [-0.39, 0.29) is 18.3 Å². The molecule has 0 bridgehead atoms. The van der Waals surface area contributed by atoms with Gasteiger partial charge in [-0.2, -0.15) is 0 Å². The summed E-state index contributed by atoms with van der Waals surface area (Å²) in [5, 5.41) is 5.41. The fourth-order valence-corrected chi connectivity index (χ4v) is 2.61. The van der Waals surface area contributed by atoms with E-state index < -0.39 is 5.41 Å². The summed E-state index contributed by atoms with van der Waals surface area (Å²) in [7, 11) is 0. The van der Waals surface area contributed by atoms with Crippen LogP contribution in [-0.2, 0) is 9.53 Å². The lowest BCUT2D eigenvalue weighted by molar-refractivity contribution is -0.130. The molecule has 2 rings (SSSR count). The minimum absolute atomic E-state index is 0. The number of hydrogen-bond donors (Lipinski definition) is 2. The summed E-state index contributed by atoms with van der Waals surface area (Å²) < 4.78 is 5.28. The number of thiazole rings is 1. The standard InChI is InChI=1S/C11H17N3O2S.ClH/c1-8-6-17-10(13-8)14-9(15)11(7-12)2-4-16-5-3-11;/h6H,2-5,7,12H2,1H3,(H,13,14,15);1H. The molecule has 0 atom stereocenters. The van der Waals surface area contributed by atoms with E-state index in [9.17, 15) is 4.79 Å². The number of hydrogen-bond acceptors (Lipinski definition) is 5. The highest BCUT2D eigenvalue weighted by Crippen LogP contribution is 2.31. The molecule has 1 aromatic rings. The predicted octanol–water partition coefficient (Wildman–Crippen LogP) is 1.57. The van der Waals surface area contributed by atoms with Gasteiger partial charge >= 0.3 is 0 Å². The lowest BCUT2D eigenvalue weighted by Crippen LogP contribution is -2.46. The largest absolute Gasteiger partial charge is 0.381 e. The fraction of sp³-hybridized carbons (Fsp3) is 0.636. The van der Waals surface area contributed by atoms with Crippen molar-refractivity contribution in [1.82, 2.24) is 4.98 Å². The number of ether oxygens (including phenoxy) is 1. The number of halogens is 1. The number of nitrogens with zero attached hydrogens (tertiary/aromatic N) is 1. The maximum atomic E-state index is 12.2. The second kappa shape index (κ2) is 6.47. The van der Waals surface area contributed by atoms with E-state index in [2.05, 4.69) is 10.3 Å². The third-order valence-electron chi connectivity index (χ3n) is 3.16. The van der Waals surface area contributed by atoms with E-state index >= 15 is 0 Å². The minimum Gasteiger partial charge on any atom is -0.381 e. The Labute approximate surface area is 117 Å². The Morgan fingerprint density at radius 3 is 2.78 bits per heavy atom. The predicted molar refractivity (Wildman–Crippen MR) is 74.3 cm³/mol. The fourth-order valence-electron chi connectivity index (χ4n) is 1.93. The zero-order chi connectivity index (χ0) is 12.3. The number of rotatable bonds is 3. The molecule has 7 heteroatoms. The molecule has 1 aliphatic rings. The Morgan fingerprint density at radius 1 is 1.61 bits per heavy atom. The van der Waals surface area contributed by atoms with Crippen LogP contribution in [0.4, 0.5) is 5.13 Å². The van der Waals surface area contributed by atoms with Crippen molar-refractivity contribution >= 4 is 34.8 Å². The molecule has 0 radical (unpaired) electrons. The van der Waals surface area contributed by atoms with Gasteiger partial charge in [-0.25, -0.2) is 4.98 Å². The van der Waals surface area contributed by atoms with Crippen molar-refractivity contribution in [1.29, 1.82) is 0 Å². The van der Waals surface area contributed by atoms with E-state index in [0.717, 1.165) is 5.69 Å². The maximum Gasteiger partial charge on any atom is 0.233 e. The molecular weight excluding hydrogens is 274 g/mol. The SMILES string of the molecule is Cc1csc(NC(=O)C2(CN)CCOCC2)n1.Cl. The van der Waals surface area contributed by atoms with Gasteiger partial charge < -0.3 is 15.8 Å². The Morgan fingerprint density at radius 2 is 2.28 bits per heavy atom. The van der Waals surface area contributed by atoms with Crippen molar-refractivity contribution in [3.05, 3.63) is 11.1 Å². The average Bonchev–Trinajstić information content (AvgIpc) is 2.75. The highest BCUT2D eigenvalue weighted by atomic mass is 35.5. The van der Waals surface area contributed by atoms with Crippen molar-refractivity contribution in [2.45, 2.75) is 19.8 Å². The van der Waals surface area contributed by atoms with Crippen LogP contribution in [0.3, 0.4) is 0 Å². The summed E-state index contributed by atoms with van der Waals surface area (Å²) in [6.07, 6.45) is 1.36. The number of nitrogens with two attached hydrogens (primary N) is 1. The number of aryl methyl sites for hydroxylation is 1. The number of anilines is 1. The third-order valence-corrected chi connectivity index (χ3v) is 4.04. The number of nitrogens with one attached hydrogen (secondary N) is 1. The summed E-state index contributed by atoms with van der Waals surface area (Å²) in [6, 6.07) is 0. The van der Waals surface area contributed by atoms with Crippen LogP contribution in [0.15, 0.2) is 5.38 Å². The van der Waals surface area contributed by atoms with Crippen molar-refractivity contribution < 1.29 is 9.53 Å². The molecule has 1 fully saturated rings. The van der Waals surface area contributed by atoms with Crippen LogP contribution in [0.1, 0.15) is 18.5 Å². The van der Waals surface area contributed by atoms with Gasteiger partial charge in [-0.3, -0.25) is 4.79 Å². The van der Waals surface area contributed by atoms with Gasteiger partial charge in [0.25, 0.3) is 0 Å². The van der Waals surface area contributed by atoms with Crippen LogP contribution in [0, 0.1) is 12.3 Å². The van der Waals surface area contributed by atoms with E-state index in [1.807, 2.05) is 12.3 Å². The van der Waals surface area contributed by atoms with Crippen LogP contribution in [-0.4, -0.2) is 30.6 Å². The summed E-state index contributed by atoms with van der Waals surface area (Å²) in [5.41, 5.74) is 6.19. The molecule has 2 heterocycles. The Hall–Kier alpha value is -0.690. The summed E-state index contributed by atoms with van der Waals surface area (Å²) in [5.74, 6) is -0.0300. The van der Waals surface area contributed by atoms with Crippen LogP contribution in [0.2, 0.25) is 0 Å². The van der Waals surface area contributed by atoms with Crippen LogP contribution < -0.4 is 11.1 Å². The zero-order valence-electron chi connectivity index (χ0n) is 10.3. The molecule has 18 heavy (non-hydrogen) atoms. The van der Waals surface area contributed by atoms with E-state index in [1.54, 1.807) is 0 Å². The highest BCUT2D eigenvalue weighted by Gasteiger charge is 2.39. The number of amides is 1. The quantitative estimate of drug-likeness (QED) is 0.886. The van der Waals surface area contributed by atoms with Crippen molar-refractivity contribution in [3.63, 3.8) is 0 Å². The third kappa shape index (κ3) is 3.20. The average molecular weight is 292 g/mol. The molecule has 5 nitrogen and oxygen atoms in total. The monoisotopic (exact) mass is 291 g/mol. The molecule has 0 aliphatic carbocycles. The van der Waals surface area contributed by atoms with Gasteiger partial charge in [-0.15, -0.1) is 23.7 Å². The van der Waals surface area contributed by atoms with Gasteiger partial charge in [-0.05, 0) is 19.8 Å². The van der Waals surface area contributed by atoms with Gasteiger partial charge in [0.15, 0.2) is 5.13 Å². The van der Waals surface area contributed by atoms with Crippen LogP contribution >= 0.6 is 23.7 Å². The summed E-state index contributed by atoms with van der Waals surface area (Å²) >= 11 is 1.44. The molecule has 0 aromatic carbocycles. The topological polar surface area (TPSA) is 77.2 Å². The lowest BCUT2D eigenvalue weighted by atomic mass is 9.79. The first kappa shape index (κ1) is 15.4. The molecule has 1 saturated heterocycles. The zero-order valence-corrected chi connectivity index (χ0v) is 11.9. The number of carbonyl (C=O) groups is 1. The minimum atomic E-state index is -0.488. The first-order valence-electron chi connectivity index (χ1n) is 5.68. The van der Waals surface area contributed by atoms with Crippen molar-refractivity contribution in [2.24, 2.45) is 11.1 Å². The van der Waals surface area contributed by atoms with Crippen molar-refractivity contribution in [3.8, 4) is 0 Å². The second-order valence-corrected chi connectivity index (χ2v) is 5.20. The first-order valence-corrected chi connectivity index (χ1v) is 6.56. The van der Waals surface area contributed by atoms with Gasteiger partial charge in [0, 0.05) is 25.1 Å². The van der Waals surface area contributed by atoms with E-state index in [0.29, 0.717) is 37.7 Å². The summed E-state index contributed by atoms with van der Waals surface area (Å²) in [6.45, 7) is 3.45. The van der Waals surface area contributed by atoms with Gasteiger partial charge in [0.2, 0.25) is 5.91 Å². The molecule has 1 amide bonds. The number of aromatic nitrogens is 1. The molecule has 3 N–H and O–H groups in total. The van der Waals surface area contributed by atoms with Crippen LogP contribution in [0.25, 0.3) is 0 Å². The molecule has 0 unspecified atom stereocenters. The Kier molecular flexibility index (Phi) is 5.52.